The summed E-state index contributed by atoms with van der Waals surface area (Å²) in [5.41, 5.74) is 2.43. The van der Waals surface area contributed by atoms with Gasteiger partial charge in [-0.05, 0) is 60.3 Å². The summed E-state index contributed by atoms with van der Waals surface area (Å²) in [6.45, 7) is 5.86. The van der Waals surface area contributed by atoms with E-state index in [1.165, 1.54) is 6.92 Å². The summed E-state index contributed by atoms with van der Waals surface area (Å²) in [6, 6.07) is 25.2. The molecular weight excluding hydrogens is 595 g/mol. The summed E-state index contributed by atoms with van der Waals surface area (Å²) >= 11 is 0. The fourth-order valence-electron chi connectivity index (χ4n) is 6.62. The molecule has 47 heavy (non-hydrogen) atoms. The van der Waals surface area contributed by atoms with Crippen LogP contribution in [-0.2, 0) is 40.4 Å². The predicted molar refractivity (Wildman–Crippen MR) is 182 cm³/mol. The van der Waals surface area contributed by atoms with Gasteiger partial charge in [-0.15, -0.1) is 0 Å². The Morgan fingerprint density at radius 1 is 0.936 bits per heavy atom. The van der Waals surface area contributed by atoms with Gasteiger partial charge in [-0.3, -0.25) is 14.4 Å². The highest BCUT2D eigenvalue weighted by Crippen LogP contribution is 2.32. The van der Waals surface area contributed by atoms with Gasteiger partial charge in [-0.1, -0.05) is 98.8 Å². The molecule has 0 aliphatic carbocycles. The zero-order valence-corrected chi connectivity index (χ0v) is 27.8. The number of carbonyl (C=O) groups is 3. The van der Waals surface area contributed by atoms with Crippen LogP contribution in [0.1, 0.15) is 62.3 Å². The van der Waals surface area contributed by atoms with E-state index in [9.17, 15) is 23.9 Å². The van der Waals surface area contributed by atoms with Crippen LogP contribution in [0.2, 0.25) is 0 Å². The van der Waals surface area contributed by atoms with Gasteiger partial charge in [0.15, 0.2) is 0 Å². The zero-order valence-electron chi connectivity index (χ0n) is 27.8. The third-order valence-electron chi connectivity index (χ3n) is 8.77. The molecule has 9 heteroatoms. The molecule has 4 atom stereocenters. The van der Waals surface area contributed by atoms with Crippen molar-refractivity contribution in [2.45, 2.75) is 89.8 Å². The summed E-state index contributed by atoms with van der Waals surface area (Å²) < 4.78 is 13.2. The number of amides is 3. The van der Waals surface area contributed by atoms with E-state index in [0.717, 1.165) is 16.7 Å². The molecule has 0 bridgehead atoms. The number of benzene rings is 3. The topological polar surface area (TPSA) is 111 Å². The van der Waals surface area contributed by atoms with E-state index < -0.39 is 30.4 Å². The zero-order chi connectivity index (χ0) is 33.8. The number of nitrogens with one attached hydrogen (secondary N) is 3. The van der Waals surface area contributed by atoms with Crippen molar-refractivity contribution in [3.8, 4) is 0 Å². The Kier molecular flexibility index (Phi) is 13.1. The van der Waals surface area contributed by atoms with Crippen LogP contribution in [0.5, 0.6) is 0 Å². The van der Waals surface area contributed by atoms with Gasteiger partial charge in [0.25, 0.3) is 0 Å². The molecule has 252 valence electrons. The molecule has 1 heterocycles. The van der Waals surface area contributed by atoms with Crippen molar-refractivity contribution in [1.29, 1.82) is 0 Å². The Labute approximate surface area is 278 Å². The van der Waals surface area contributed by atoms with Crippen molar-refractivity contribution in [3.05, 3.63) is 107 Å². The smallest absolute Gasteiger partial charge is 0.249 e. The second-order valence-corrected chi connectivity index (χ2v) is 13.1. The van der Waals surface area contributed by atoms with Gasteiger partial charge >= 0.3 is 0 Å². The van der Waals surface area contributed by atoms with Gasteiger partial charge in [-0.25, -0.2) is 4.39 Å². The van der Waals surface area contributed by atoms with Crippen molar-refractivity contribution in [2.75, 3.05) is 13.1 Å². The minimum Gasteiger partial charge on any atom is -0.390 e. The van der Waals surface area contributed by atoms with Gasteiger partial charge in [0.05, 0.1) is 12.1 Å². The first-order valence-corrected chi connectivity index (χ1v) is 16.6. The number of hydrogen-bond acceptors (Lipinski definition) is 5. The Morgan fingerprint density at radius 3 is 2.21 bits per heavy atom. The highest BCUT2D eigenvalue weighted by molar-refractivity contribution is 5.96. The number of alkyl halides is 1. The fourth-order valence-corrected chi connectivity index (χ4v) is 6.62. The lowest BCUT2D eigenvalue weighted by atomic mass is 9.87. The van der Waals surface area contributed by atoms with Crippen LogP contribution in [0, 0.1) is 5.92 Å². The molecule has 3 aromatic carbocycles. The van der Waals surface area contributed by atoms with Crippen LogP contribution in [0.25, 0.3) is 0 Å². The van der Waals surface area contributed by atoms with E-state index in [0.29, 0.717) is 50.8 Å². The highest BCUT2D eigenvalue weighted by atomic mass is 19.1. The van der Waals surface area contributed by atoms with E-state index in [4.69, 9.17) is 0 Å². The van der Waals surface area contributed by atoms with E-state index in [1.807, 2.05) is 80.6 Å². The fraction of sp³-hybridized carbons (Fsp3) is 0.447. The highest BCUT2D eigenvalue weighted by Gasteiger charge is 2.50. The lowest BCUT2D eigenvalue weighted by Crippen LogP contribution is -2.59. The number of rotatable bonds is 17. The van der Waals surface area contributed by atoms with Crippen molar-refractivity contribution in [1.82, 2.24) is 20.9 Å². The van der Waals surface area contributed by atoms with Gasteiger partial charge in [0, 0.05) is 26.6 Å². The number of hydrogen-bond donors (Lipinski definition) is 4. The molecule has 3 amide bonds. The second kappa shape index (κ2) is 17.2. The molecule has 1 aliphatic rings. The number of nitrogens with zero attached hydrogens (tertiary/aromatic N) is 1. The molecule has 3 aromatic rings. The van der Waals surface area contributed by atoms with Crippen LogP contribution >= 0.6 is 0 Å². The third-order valence-corrected chi connectivity index (χ3v) is 8.77. The minimum atomic E-state index is -1.06. The van der Waals surface area contributed by atoms with Crippen LogP contribution in [0.3, 0.4) is 0 Å². The van der Waals surface area contributed by atoms with Crippen molar-refractivity contribution < 1.29 is 23.9 Å². The Balaban J connectivity index is 1.55. The first kappa shape index (κ1) is 35.8. The van der Waals surface area contributed by atoms with E-state index in [2.05, 4.69) is 16.0 Å². The first-order chi connectivity index (χ1) is 22.6. The molecule has 4 N–H and O–H groups in total. The van der Waals surface area contributed by atoms with Gasteiger partial charge < -0.3 is 26.0 Å². The number of carbonyl (C=O) groups excluding carboxylic acids is 3. The predicted octanol–water partition coefficient (Wildman–Crippen LogP) is 4.49. The van der Waals surface area contributed by atoms with Crippen LogP contribution in [-0.4, -0.2) is 64.5 Å². The maximum Gasteiger partial charge on any atom is 0.249 e. The molecule has 2 unspecified atom stereocenters. The van der Waals surface area contributed by atoms with E-state index >= 15 is 0 Å². The molecule has 4 rings (SSSR count). The Bertz CT molecular complexity index is 1450. The maximum atomic E-state index is 14.3. The lowest BCUT2D eigenvalue weighted by molar-refractivity contribution is -0.143. The number of likely N-dealkylation sites (tertiary alicyclic amines) is 1. The maximum absolute atomic E-state index is 14.3. The molecule has 1 fully saturated rings. The molecular formula is C38H49FN4O4. The number of aliphatic hydroxyl groups excluding tert-OH is 1. The Hall–Kier alpha value is -4.08. The summed E-state index contributed by atoms with van der Waals surface area (Å²) in [5, 5.41) is 20.7. The summed E-state index contributed by atoms with van der Waals surface area (Å²) in [4.78, 5) is 42.3. The normalized spacial score (nSPS) is 18.2. The molecule has 0 saturated carbocycles. The van der Waals surface area contributed by atoms with Crippen LogP contribution in [0.4, 0.5) is 4.39 Å². The van der Waals surface area contributed by atoms with Gasteiger partial charge in [0.1, 0.15) is 18.3 Å². The van der Waals surface area contributed by atoms with Crippen molar-refractivity contribution in [3.63, 3.8) is 0 Å². The summed E-state index contributed by atoms with van der Waals surface area (Å²) in [5.74, 6) is -0.708. The number of halogens is 1. The SMILES string of the molecule is CC(=O)N[C@]1(CC(C)C)CCN(C(CCc2ccccc2)C(=O)NC(Cc2ccccc2)[C@H](O)CNCc2cccc(CF)c2)C1=O. The summed E-state index contributed by atoms with van der Waals surface area (Å²) in [7, 11) is 0. The van der Waals surface area contributed by atoms with Crippen LogP contribution in [0.15, 0.2) is 84.9 Å². The molecule has 8 nitrogen and oxygen atoms in total. The lowest BCUT2D eigenvalue weighted by Gasteiger charge is -2.34. The molecule has 0 radical (unpaired) electrons. The van der Waals surface area contributed by atoms with Crippen molar-refractivity contribution >= 4 is 17.7 Å². The monoisotopic (exact) mass is 644 g/mol. The van der Waals surface area contributed by atoms with Crippen molar-refractivity contribution in [2.24, 2.45) is 5.92 Å². The van der Waals surface area contributed by atoms with Crippen LogP contribution < -0.4 is 16.0 Å². The summed E-state index contributed by atoms with van der Waals surface area (Å²) in [6.07, 6.45) is 1.29. The first-order valence-electron chi connectivity index (χ1n) is 16.6. The quantitative estimate of drug-likeness (QED) is 0.173. The van der Waals surface area contributed by atoms with E-state index in [1.54, 1.807) is 23.1 Å². The Morgan fingerprint density at radius 2 is 1.57 bits per heavy atom. The van der Waals surface area contributed by atoms with Gasteiger partial charge in [-0.2, -0.15) is 0 Å². The molecule has 0 spiro atoms. The standard InChI is InChI=1S/C38H49FN4O4/c1-27(2)23-38(42-28(3)44)19-20-43(37(38)47)34(18-17-29-11-6-4-7-12-29)36(46)41-33(22-30-13-8-5-9-14-30)35(45)26-40-25-32-16-10-15-31(21-32)24-39/h4-16,21,27,33-35,40,45H,17-20,22-26H2,1-3H3,(H,41,46)(H,42,44)/t33?,34?,35-,38+/m1/s1. The third kappa shape index (κ3) is 10.2. The second-order valence-electron chi connectivity index (χ2n) is 13.1. The molecule has 0 aromatic heterocycles. The largest absolute Gasteiger partial charge is 0.390 e. The number of aryl methyl sites for hydroxylation is 1. The average molecular weight is 645 g/mol. The number of aliphatic hydroxyl groups is 1. The minimum absolute atomic E-state index is 0.152. The van der Waals surface area contributed by atoms with E-state index in [-0.39, 0.29) is 30.2 Å². The average Bonchev–Trinajstić information content (AvgIpc) is 3.35. The molecule has 1 aliphatic heterocycles. The molecule has 1 saturated heterocycles. The van der Waals surface area contributed by atoms with Gasteiger partial charge in [0.2, 0.25) is 17.7 Å².